The minimum absolute atomic E-state index is 0.0146. The number of ether oxygens (including phenoxy) is 3. The van der Waals surface area contributed by atoms with Crippen LogP contribution in [0.1, 0.15) is 35.7 Å². The van der Waals surface area contributed by atoms with E-state index in [0.29, 0.717) is 36.8 Å². The second-order valence-electron chi connectivity index (χ2n) is 7.09. The van der Waals surface area contributed by atoms with E-state index in [0.717, 1.165) is 5.56 Å². The molecule has 0 saturated heterocycles. The van der Waals surface area contributed by atoms with Gasteiger partial charge in [0.15, 0.2) is 23.4 Å². The van der Waals surface area contributed by atoms with Gasteiger partial charge in [-0.25, -0.2) is 0 Å². The molecule has 1 atom stereocenters. The molecule has 0 saturated carbocycles. The maximum absolute atomic E-state index is 12.4. The first-order valence-electron chi connectivity index (χ1n) is 9.85. The van der Waals surface area contributed by atoms with Crippen LogP contribution in [0.3, 0.4) is 0 Å². The van der Waals surface area contributed by atoms with Crippen molar-refractivity contribution in [2.45, 2.75) is 32.4 Å². The number of nitrogens with zero attached hydrogens (tertiary/aromatic N) is 1. The lowest BCUT2D eigenvalue weighted by atomic mass is 10.1. The molecular weight excluding hydrogens is 386 g/mol. The van der Waals surface area contributed by atoms with Crippen molar-refractivity contribution in [3.8, 4) is 11.5 Å². The van der Waals surface area contributed by atoms with Crippen LogP contribution in [0.4, 0.5) is 0 Å². The average molecular weight is 411 g/mol. The molecule has 0 aromatic heterocycles. The Kier molecular flexibility index (Phi) is 7.06. The molecule has 0 spiro atoms. The second-order valence-corrected chi connectivity index (χ2v) is 7.09. The first-order chi connectivity index (χ1) is 14.4. The highest BCUT2D eigenvalue weighted by molar-refractivity contribution is 5.98. The van der Waals surface area contributed by atoms with E-state index in [1.807, 2.05) is 30.3 Å². The van der Waals surface area contributed by atoms with Gasteiger partial charge in [-0.3, -0.25) is 14.4 Å². The van der Waals surface area contributed by atoms with Gasteiger partial charge in [0.05, 0.1) is 6.42 Å². The summed E-state index contributed by atoms with van der Waals surface area (Å²) in [6.45, 7) is 2.86. The first-order valence-corrected chi connectivity index (χ1v) is 9.85. The summed E-state index contributed by atoms with van der Waals surface area (Å²) in [5.41, 5.74) is 1.43. The van der Waals surface area contributed by atoms with Gasteiger partial charge in [-0.05, 0) is 30.7 Å². The van der Waals surface area contributed by atoms with Gasteiger partial charge in [-0.15, -0.1) is 0 Å². The third-order valence-electron chi connectivity index (χ3n) is 4.72. The fourth-order valence-electron chi connectivity index (χ4n) is 3.13. The van der Waals surface area contributed by atoms with Crippen LogP contribution in [-0.4, -0.2) is 48.9 Å². The van der Waals surface area contributed by atoms with Gasteiger partial charge in [0.2, 0.25) is 0 Å². The summed E-state index contributed by atoms with van der Waals surface area (Å²) in [5.74, 6) is 0.0313. The fraction of sp³-hybridized carbons (Fsp3) is 0.348. The van der Waals surface area contributed by atoms with Crippen molar-refractivity contribution in [3.05, 3.63) is 59.7 Å². The number of rotatable bonds is 8. The minimum atomic E-state index is -0.921. The van der Waals surface area contributed by atoms with E-state index in [9.17, 15) is 14.4 Å². The largest absolute Gasteiger partial charge is 0.486 e. The normalized spacial score (nSPS) is 13.3. The van der Waals surface area contributed by atoms with Crippen molar-refractivity contribution in [2.75, 3.05) is 20.3 Å². The summed E-state index contributed by atoms with van der Waals surface area (Å²) in [6, 6.07) is 14.5. The summed E-state index contributed by atoms with van der Waals surface area (Å²) >= 11 is 0. The van der Waals surface area contributed by atoms with Crippen molar-refractivity contribution >= 4 is 17.7 Å². The number of carbonyl (C=O) groups is 3. The summed E-state index contributed by atoms with van der Waals surface area (Å²) in [5, 5.41) is 0. The maximum Gasteiger partial charge on any atom is 0.307 e. The van der Waals surface area contributed by atoms with Crippen LogP contribution in [0.15, 0.2) is 48.5 Å². The van der Waals surface area contributed by atoms with Crippen LogP contribution in [-0.2, 0) is 20.9 Å². The highest BCUT2D eigenvalue weighted by atomic mass is 16.6. The zero-order valence-corrected chi connectivity index (χ0v) is 17.1. The number of Topliss-reactive ketones (excluding diaryl/α,β-unsaturated/α-hetero) is 1. The predicted octanol–water partition coefficient (Wildman–Crippen LogP) is 3.01. The summed E-state index contributed by atoms with van der Waals surface area (Å²) in [4.78, 5) is 38.4. The molecule has 3 rings (SSSR count). The highest BCUT2D eigenvalue weighted by Gasteiger charge is 2.22. The highest BCUT2D eigenvalue weighted by Crippen LogP contribution is 2.31. The van der Waals surface area contributed by atoms with Gasteiger partial charge in [0, 0.05) is 25.6 Å². The van der Waals surface area contributed by atoms with Crippen LogP contribution >= 0.6 is 0 Å². The van der Waals surface area contributed by atoms with Gasteiger partial charge in [0.1, 0.15) is 13.2 Å². The molecule has 0 fully saturated rings. The fourth-order valence-corrected chi connectivity index (χ4v) is 3.13. The van der Waals surface area contributed by atoms with Crippen LogP contribution in [0, 0.1) is 0 Å². The summed E-state index contributed by atoms with van der Waals surface area (Å²) < 4.78 is 16.1. The van der Waals surface area contributed by atoms with E-state index >= 15 is 0 Å². The number of amides is 1. The molecule has 7 heteroatoms. The van der Waals surface area contributed by atoms with E-state index < -0.39 is 12.1 Å². The number of likely N-dealkylation sites (N-methyl/N-ethyl adjacent to an activating group) is 1. The zero-order chi connectivity index (χ0) is 21.5. The van der Waals surface area contributed by atoms with Gasteiger partial charge in [-0.2, -0.15) is 0 Å². The number of fused-ring (bicyclic) bond motifs is 1. The molecule has 1 heterocycles. The van der Waals surface area contributed by atoms with Gasteiger partial charge in [0.25, 0.3) is 5.91 Å². The van der Waals surface area contributed by atoms with E-state index in [1.54, 1.807) is 25.2 Å². The lowest BCUT2D eigenvalue weighted by molar-refractivity contribution is -0.158. The smallest absolute Gasteiger partial charge is 0.307 e. The topological polar surface area (TPSA) is 82.1 Å². The Morgan fingerprint density at radius 2 is 1.70 bits per heavy atom. The standard InChI is InChI=1S/C23H25NO6/c1-16(23(27)24(2)15-17-6-4-3-5-7-17)30-22(26)11-9-19(25)18-8-10-20-21(14-18)29-13-12-28-20/h3-8,10,14,16H,9,11-13,15H2,1-2H3. The monoisotopic (exact) mass is 411 g/mol. The maximum atomic E-state index is 12.4. The number of ketones is 1. The molecule has 1 aliphatic heterocycles. The van der Waals surface area contributed by atoms with Crippen LogP contribution in [0.25, 0.3) is 0 Å². The molecule has 0 radical (unpaired) electrons. The van der Waals surface area contributed by atoms with Crippen molar-refractivity contribution in [1.29, 1.82) is 0 Å². The summed E-state index contributed by atoms with van der Waals surface area (Å²) in [7, 11) is 1.66. The van der Waals surface area contributed by atoms with Crippen molar-refractivity contribution in [2.24, 2.45) is 0 Å². The van der Waals surface area contributed by atoms with Gasteiger partial charge >= 0.3 is 5.97 Å². The molecule has 0 aliphatic carbocycles. The number of esters is 1. The molecular formula is C23H25NO6. The molecule has 0 bridgehead atoms. The van der Waals surface area contributed by atoms with Crippen molar-refractivity contribution in [1.82, 2.24) is 4.90 Å². The van der Waals surface area contributed by atoms with Crippen LogP contribution in [0.5, 0.6) is 11.5 Å². The Hall–Kier alpha value is -3.35. The van der Waals surface area contributed by atoms with Crippen LogP contribution < -0.4 is 9.47 Å². The molecule has 158 valence electrons. The van der Waals surface area contributed by atoms with E-state index in [-0.39, 0.29) is 24.5 Å². The molecule has 1 unspecified atom stereocenters. The number of benzene rings is 2. The van der Waals surface area contributed by atoms with Crippen LogP contribution in [0.2, 0.25) is 0 Å². The van der Waals surface area contributed by atoms with E-state index in [1.165, 1.54) is 11.8 Å². The molecule has 1 amide bonds. The predicted molar refractivity (Wildman–Crippen MR) is 109 cm³/mol. The van der Waals surface area contributed by atoms with E-state index in [2.05, 4.69) is 0 Å². The van der Waals surface area contributed by atoms with Gasteiger partial charge in [-0.1, -0.05) is 30.3 Å². The molecule has 2 aromatic carbocycles. The van der Waals surface area contributed by atoms with E-state index in [4.69, 9.17) is 14.2 Å². The molecule has 7 nitrogen and oxygen atoms in total. The van der Waals surface area contributed by atoms with Crippen molar-refractivity contribution < 1.29 is 28.6 Å². The number of hydrogen-bond donors (Lipinski definition) is 0. The Bertz CT molecular complexity index is 911. The zero-order valence-electron chi connectivity index (χ0n) is 17.1. The average Bonchev–Trinajstić information content (AvgIpc) is 2.77. The number of hydrogen-bond acceptors (Lipinski definition) is 6. The SMILES string of the molecule is CC(OC(=O)CCC(=O)c1ccc2c(c1)OCCO2)C(=O)N(C)Cc1ccccc1. The molecule has 1 aliphatic rings. The first kappa shape index (κ1) is 21.4. The lowest BCUT2D eigenvalue weighted by Crippen LogP contribution is -2.37. The minimum Gasteiger partial charge on any atom is -0.486 e. The third-order valence-corrected chi connectivity index (χ3v) is 4.72. The lowest BCUT2D eigenvalue weighted by Gasteiger charge is -2.21. The molecule has 30 heavy (non-hydrogen) atoms. The second kappa shape index (κ2) is 9.91. The Morgan fingerprint density at radius 3 is 2.43 bits per heavy atom. The quantitative estimate of drug-likeness (QED) is 0.491. The van der Waals surface area contributed by atoms with Gasteiger partial charge < -0.3 is 19.1 Å². The Labute approximate surface area is 175 Å². The third kappa shape index (κ3) is 5.59. The molecule has 2 aromatic rings. The summed E-state index contributed by atoms with van der Waals surface area (Å²) in [6.07, 6.45) is -1.04. The van der Waals surface area contributed by atoms with Crippen molar-refractivity contribution in [3.63, 3.8) is 0 Å². The number of carbonyl (C=O) groups excluding carboxylic acids is 3. The Balaban J connectivity index is 1.46. The molecule has 0 N–H and O–H groups in total. The Morgan fingerprint density at radius 1 is 1.00 bits per heavy atom.